The topological polar surface area (TPSA) is 112 Å². The molecule has 180 valence electrons. The number of aliphatic hydroxyl groups is 2. The average molecular weight is 461 g/mol. The van der Waals surface area contributed by atoms with Gasteiger partial charge in [-0.15, -0.1) is 0 Å². The minimum atomic E-state index is -0.977. The summed E-state index contributed by atoms with van der Waals surface area (Å²) in [6.07, 6.45) is -1.77. The van der Waals surface area contributed by atoms with Gasteiger partial charge in [-0.3, -0.25) is 9.59 Å². The molecule has 0 aliphatic heterocycles. The van der Waals surface area contributed by atoms with E-state index in [1.165, 1.54) is 0 Å². The molecule has 2 rings (SSSR count). The predicted octanol–water partition coefficient (Wildman–Crippen LogP) is 2.76. The van der Waals surface area contributed by atoms with Gasteiger partial charge in [0.05, 0.1) is 5.41 Å². The van der Waals surface area contributed by atoms with E-state index in [0.717, 1.165) is 0 Å². The Balaban J connectivity index is 1.61. The van der Waals surface area contributed by atoms with Crippen molar-refractivity contribution < 1.29 is 38.7 Å². The Bertz CT molecular complexity index is 838. The summed E-state index contributed by atoms with van der Waals surface area (Å²) >= 11 is 0. The Hall–Kier alpha value is -3.10. The highest BCUT2D eigenvalue weighted by molar-refractivity contribution is 5.77. The molecular weight excluding hydrogens is 428 g/mol. The van der Waals surface area contributed by atoms with E-state index in [9.17, 15) is 19.8 Å². The van der Waals surface area contributed by atoms with E-state index in [-0.39, 0.29) is 39.3 Å². The molecule has 0 aromatic heterocycles. The molecule has 2 aromatic carbocycles. The summed E-state index contributed by atoms with van der Waals surface area (Å²) in [6.45, 7) is 2.86. The van der Waals surface area contributed by atoms with Crippen LogP contribution in [0, 0.1) is 5.41 Å². The second-order valence-corrected chi connectivity index (χ2v) is 8.22. The molecule has 0 bridgehead atoms. The Labute approximate surface area is 194 Å². The summed E-state index contributed by atoms with van der Waals surface area (Å²) in [5, 5.41) is 19.9. The fraction of sp³-hybridized carbons (Fsp3) is 0.440. The molecule has 2 atom stereocenters. The van der Waals surface area contributed by atoms with Crippen LogP contribution in [-0.2, 0) is 19.1 Å². The van der Waals surface area contributed by atoms with Crippen LogP contribution in [0.25, 0.3) is 0 Å². The maximum Gasteiger partial charge on any atom is 0.311 e. The van der Waals surface area contributed by atoms with Crippen molar-refractivity contribution in [1.29, 1.82) is 0 Å². The Morgan fingerprint density at radius 3 is 1.70 bits per heavy atom. The van der Waals surface area contributed by atoms with Crippen molar-refractivity contribution in [1.82, 2.24) is 0 Å². The molecule has 0 fully saturated rings. The van der Waals surface area contributed by atoms with E-state index in [1.54, 1.807) is 38.1 Å². The molecule has 33 heavy (non-hydrogen) atoms. The summed E-state index contributed by atoms with van der Waals surface area (Å²) in [6, 6.07) is 18.0. The van der Waals surface area contributed by atoms with Gasteiger partial charge in [-0.25, -0.2) is 0 Å². The molecule has 8 nitrogen and oxygen atoms in total. The zero-order chi connectivity index (χ0) is 24.1. The predicted molar refractivity (Wildman–Crippen MR) is 121 cm³/mol. The second kappa shape index (κ2) is 13.4. The van der Waals surface area contributed by atoms with Crippen LogP contribution in [0.15, 0.2) is 60.7 Å². The molecule has 2 aromatic rings. The molecular formula is C25H32O8. The van der Waals surface area contributed by atoms with Crippen LogP contribution in [0.3, 0.4) is 0 Å². The molecule has 0 radical (unpaired) electrons. The third-order valence-electron chi connectivity index (χ3n) is 4.72. The number of esters is 2. The van der Waals surface area contributed by atoms with Gasteiger partial charge in [0.15, 0.2) is 0 Å². The molecule has 0 heterocycles. The first-order valence-electron chi connectivity index (χ1n) is 10.8. The number of rotatable bonds is 14. The Morgan fingerprint density at radius 1 is 0.758 bits per heavy atom. The Kier molecular flexibility index (Phi) is 10.7. The van der Waals surface area contributed by atoms with Gasteiger partial charge in [-0.2, -0.15) is 0 Å². The van der Waals surface area contributed by atoms with Crippen LogP contribution < -0.4 is 9.47 Å². The number of para-hydroxylation sites is 2. The molecule has 0 aliphatic carbocycles. The molecule has 0 saturated carbocycles. The second-order valence-electron chi connectivity index (χ2n) is 8.22. The van der Waals surface area contributed by atoms with E-state index in [1.807, 2.05) is 36.4 Å². The SMILES string of the molecule is CC(C)(CCC(=O)OCC(O)COc1ccccc1)C(=O)OCC(O)COc1ccccc1. The molecule has 0 spiro atoms. The third-order valence-corrected chi connectivity index (χ3v) is 4.72. The number of aliphatic hydroxyl groups excluding tert-OH is 2. The lowest BCUT2D eigenvalue weighted by atomic mass is 9.88. The molecule has 2 N–H and O–H groups in total. The maximum absolute atomic E-state index is 12.4. The third kappa shape index (κ3) is 10.4. The van der Waals surface area contributed by atoms with Crippen LogP contribution in [0.4, 0.5) is 0 Å². The molecule has 8 heteroatoms. The van der Waals surface area contributed by atoms with Crippen molar-refractivity contribution in [2.45, 2.75) is 38.9 Å². The Morgan fingerprint density at radius 2 is 1.21 bits per heavy atom. The molecule has 0 amide bonds. The van der Waals surface area contributed by atoms with Gasteiger partial charge < -0.3 is 29.2 Å². The minimum absolute atomic E-state index is 0.00851. The van der Waals surface area contributed by atoms with Gasteiger partial charge in [-0.1, -0.05) is 36.4 Å². The van der Waals surface area contributed by atoms with Gasteiger partial charge in [-0.05, 0) is 44.5 Å². The van der Waals surface area contributed by atoms with Crippen molar-refractivity contribution in [2.75, 3.05) is 26.4 Å². The highest BCUT2D eigenvalue weighted by Crippen LogP contribution is 2.24. The quantitative estimate of drug-likeness (QED) is 0.414. The van der Waals surface area contributed by atoms with Crippen LogP contribution in [0.2, 0.25) is 0 Å². The average Bonchev–Trinajstić information content (AvgIpc) is 2.83. The van der Waals surface area contributed by atoms with E-state index >= 15 is 0 Å². The standard InChI is InChI=1S/C25H32O8/c1-25(2,24(29)33-18-20(27)16-31-22-11-7-4-8-12-22)14-13-23(28)32-17-19(26)15-30-21-9-5-3-6-10-21/h3-12,19-20,26-27H,13-18H2,1-2H3. The number of benzene rings is 2. The van der Waals surface area contributed by atoms with Crippen molar-refractivity contribution in [3.8, 4) is 11.5 Å². The first kappa shape index (κ1) is 26.2. The highest BCUT2D eigenvalue weighted by Gasteiger charge is 2.31. The van der Waals surface area contributed by atoms with Crippen LogP contribution in [-0.4, -0.2) is 60.8 Å². The van der Waals surface area contributed by atoms with Gasteiger partial charge in [0.25, 0.3) is 0 Å². The van der Waals surface area contributed by atoms with Gasteiger partial charge in [0, 0.05) is 6.42 Å². The number of hydrogen-bond acceptors (Lipinski definition) is 8. The molecule has 0 saturated heterocycles. The van der Waals surface area contributed by atoms with E-state index in [4.69, 9.17) is 18.9 Å². The monoisotopic (exact) mass is 460 g/mol. The maximum atomic E-state index is 12.4. The molecule has 0 aliphatic rings. The van der Waals surface area contributed by atoms with Gasteiger partial charge >= 0.3 is 11.9 Å². The summed E-state index contributed by atoms with van der Waals surface area (Å²) in [7, 11) is 0. The van der Waals surface area contributed by atoms with Crippen LogP contribution in [0.1, 0.15) is 26.7 Å². The highest BCUT2D eigenvalue weighted by atomic mass is 16.6. The first-order chi connectivity index (χ1) is 15.8. The summed E-state index contributed by atoms with van der Waals surface area (Å²) < 4.78 is 21.1. The lowest BCUT2D eigenvalue weighted by molar-refractivity contribution is -0.159. The van der Waals surface area contributed by atoms with Gasteiger partial charge in [0.2, 0.25) is 0 Å². The van der Waals surface area contributed by atoms with E-state index < -0.39 is 29.6 Å². The fourth-order valence-electron chi connectivity index (χ4n) is 2.66. The van der Waals surface area contributed by atoms with Crippen LogP contribution in [0.5, 0.6) is 11.5 Å². The van der Waals surface area contributed by atoms with Crippen LogP contribution >= 0.6 is 0 Å². The zero-order valence-corrected chi connectivity index (χ0v) is 19.0. The van der Waals surface area contributed by atoms with Crippen molar-refractivity contribution in [3.05, 3.63) is 60.7 Å². The van der Waals surface area contributed by atoms with Gasteiger partial charge in [0.1, 0.15) is 50.1 Å². The number of carbonyl (C=O) groups is 2. The summed E-state index contributed by atoms with van der Waals surface area (Å²) in [5.74, 6) is 0.148. The first-order valence-corrected chi connectivity index (χ1v) is 10.8. The number of carbonyl (C=O) groups excluding carboxylic acids is 2. The number of hydrogen-bond donors (Lipinski definition) is 2. The van der Waals surface area contributed by atoms with Crippen molar-refractivity contribution in [2.24, 2.45) is 5.41 Å². The fourth-order valence-corrected chi connectivity index (χ4v) is 2.66. The lowest BCUT2D eigenvalue weighted by Crippen LogP contribution is -2.32. The van der Waals surface area contributed by atoms with Crippen molar-refractivity contribution in [3.63, 3.8) is 0 Å². The van der Waals surface area contributed by atoms with E-state index in [0.29, 0.717) is 11.5 Å². The number of ether oxygens (including phenoxy) is 4. The summed E-state index contributed by atoms with van der Waals surface area (Å²) in [4.78, 5) is 24.4. The minimum Gasteiger partial charge on any atom is -0.491 e. The zero-order valence-electron chi connectivity index (χ0n) is 19.0. The lowest BCUT2D eigenvalue weighted by Gasteiger charge is -2.23. The normalized spacial score (nSPS) is 13.0. The summed E-state index contributed by atoms with van der Waals surface area (Å²) in [5.41, 5.74) is -0.950. The molecule has 2 unspecified atom stereocenters. The van der Waals surface area contributed by atoms with E-state index in [2.05, 4.69) is 0 Å². The smallest absolute Gasteiger partial charge is 0.311 e. The largest absolute Gasteiger partial charge is 0.491 e. The van der Waals surface area contributed by atoms with Crippen molar-refractivity contribution >= 4 is 11.9 Å².